The smallest absolute Gasteiger partial charge is 0.123 e. The molecule has 0 aliphatic rings. The predicted molar refractivity (Wildman–Crippen MR) is 137 cm³/mol. The molecule has 4 aromatic carbocycles. The lowest BCUT2D eigenvalue weighted by Gasteiger charge is -2.26. The second-order valence-corrected chi connectivity index (χ2v) is 11.6. The van der Waals surface area contributed by atoms with Crippen molar-refractivity contribution in [1.82, 2.24) is 0 Å². The molecule has 0 spiro atoms. The second kappa shape index (κ2) is 8.01. The zero-order valence-corrected chi connectivity index (χ0v) is 20.2. The first-order chi connectivity index (χ1) is 14.6. The topological polar surface area (TPSA) is 20.2 Å². The molecular formula is C30H38O. The molecule has 4 rings (SSSR count). The summed E-state index contributed by atoms with van der Waals surface area (Å²) in [5.74, 6) is 0.415. The van der Waals surface area contributed by atoms with E-state index in [4.69, 9.17) is 0 Å². The highest BCUT2D eigenvalue weighted by atomic mass is 16.3. The Kier molecular flexibility index (Phi) is 5.66. The fourth-order valence-corrected chi connectivity index (χ4v) is 5.43. The van der Waals surface area contributed by atoms with E-state index in [2.05, 4.69) is 77.9 Å². The third-order valence-electron chi connectivity index (χ3n) is 6.83. The number of phenols is 1. The van der Waals surface area contributed by atoms with Crippen LogP contribution < -0.4 is 0 Å². The standard InChI is InChI=1S/C30H38O/c1-7-14-30(5,6)19-23-18-26(31)25-13-11-22-17-20(9-8-15-29(2,3)4)16-21-10-12-24(23)28(25)27(21)22/h10-13,16-18,31H,7-9,14-15,19H2,1-6H3. The van der Waals surface area contributed by atoms with Gasteiger partial charge in [-0.15, -0.1) is 0 Å². The van der Waals surface area contributed by atoms with Crippen LogP contribution in [0.15, 0.2) is 42.5 Å². The van der Waals surface area contributed by atoms with Gasteiger partial charge in [0.2, 0.25) is 0 Å². The summed E-state index contributed by atoms with van der Waals surface area (Å²) >= 11 is 0. The minimum atomic E-state index is 0.226. The van der Waals surface area contributed by atoms with Gasteiger partial charge in [-0.05, 0) is 81.7 Å². The maximum Gasteiger partial charge on any atom is 0.123 e. The first-order valence-corrected chi connectivity index (χ1v) is 12.0. The van der Waals surface area contributed by atoms with Crippen molar-refractivity contribution in [2.45, 2.75) is 80.1 Å². The van der Waals surface area contributed by atoms with E-state index in [1.165, 1.54) is 63.7 Å². The van der Waals surface area contributed by atoms with Gasteiger partial charge in [0.25, 0.3) is 0 Å². The summed E-state index contributed by atoms with van der Waals surface area (Å²) in [6.07, 6.45) is 6.93. The van der Waals surface area contributed by atoms with Gasteiger partial charge in [-0.1, -0.05) is 84.4 Å². The number of hydrogen-bond acceptors (Lipinski definition) is 1. The monoisotopic (exact) mass is 414 g/mol. The molecule has 1 N–H and O–H groups in total. The molecule has 0 aliphatic heterocycles. The summed E-state index contributed by atoms with van der Waals surface area (Å²) in [7, 11) is 0. The van der Waals surface area contributed by atoms with Gasteiger partial charge >= 0.3 is 0 Å². The van der Waals surface area contributed by atoms with Gasteiger partial charge in [-0.25, -0.2) is 0 Å². The molecule has 1 nitrogen and oxygen atoms in total. The zero-order chi connectivity index (χ0) is 22.4. The highest BCUT2D eigenvalue weighted by Gasteiger charge is 2.21. The molecule has 0 radical (unpaired) electrons. The summed E-state index contributed by atoms with van der Waals surface area (Å²) in [5.41, 5.74) is 3.30. The van der Waals surface area contributed by atoms with Crippen LogP contribution in [0, 0.1) is 10.8 Å². The highest BCUT2D eigenvalue weighted by molar-refractivity contribution is 6.24. The molecule has 0 aromatic heterocycles. The first-order valence-electron chi connectivity index (χ1n) is 12.0. The average molecular weight is 415 g/mol. The Bertz CT molecular complexity index is 1190. The predicted octanol–water partition coefficient (Wildman–Crippen LogP) is 9.03. The van der Waals surface area contributed by atoms with E-state index in [9.17, 15) is 5.11 Å². The van der Waals surface area contributed by atoms with Gasteiger partial charge in [0.1, 0.15) is 5.75 Å². The lowest BCUT2D eigenvalue weighted by atomic mass is 9.79. The van der Waals surface area contributed by atoms with Crippen LogP contribution in [0.3, 0.4) is 0 Å². The van der Waals surface area contributed by atoms with Crippen molar-refractivity contribution in [2.75, 3.05) is 0 Å². The molecule has 0 unspecified atom stereocenters. The van der Waals surface area contributed by atoms with Crippen LogP contribution in [0.25, 0.3) is 32.3 Å². The summed E-state index contributed by atoms with van der Waals surface area (Å²) in [6, 6.07) is 15.6. The molecule has 0 amide bonds. The SMILES string of the molecule is CCCC(C)(C)Cc1cc(O)c2ccc3cc(CCCC(C)(C)C)cc4ccc1c2c34. The first kappa shape index (κ1) is 21.9. The normalized spacial score (nSPS) is 13.1. The highest BCUT2D eigenvalue weighted by Crippen LogP contribution is 2.42. The molecule has 0 aliphatic carbocycles. The van der Waals surface area contributed by atoms with Crippen LogP contribution in [0.2, 0.25) is 0 Å². The minimum Gasteiger partial charge on any atom is -0.507 e. The fraction of sp³-hybridized carbons (Fsp3) is 0.467. The van der Waals surface area contributed by atoms with Gasteiger partial charge in [0.15, 0.2) is 0 Å². The molecule has 0 saturated heterocycles. The van der Waals surface area contributed by atoms with E-state index < -0.39 is 0 Å². The Morgan fingerprint density at radius 1 is 0.774 bits per heavy atom. The molecular weight excluding hydrogens is 376 g/mol. The van der Waals surface area contributed by atoms with E-state index in [1.807, 2.05) is 6.07 Å². The quantitative estimate of drug-likeness (QED) is 0.299. The summed E-state index contributed by atoms with van der Waals surface area (Å²) < 4.78 is 0. The summed E-state index contributed by atoms with van der Waals surface area (Å²) in [6.45, 7) is 13.9. The van der Waals surface area contributed by atoms with E-state index in [0.717, 1.165) is 18.2 Å². The Hall–Kier alpha value is -2.28. The Labute approximate surface area is 187 Å². The summed E-state index contributed by atoms with van der Waals surface area (Å²) in [5, 5.41) is 18.3. The average Bonchev–Trinajstić information content (AvgIpc) is 2.66. The van der Waals surface area contributed by atoms with Crippen LogP contribution >= 0.6 is 0 Å². The number of benzene rings is 4. The Balaban J connectivity index is 1.82. The molecule has 1 heteroatoms. The lowest BCUT2D eigenvalue weighted by Crippen LogP contribution is -2.14. The van der Waals surface area contributed by atoms with Crippen molar-refractivity contribution in [2.24, 2.45) is 10.8 Å². The van der Waals surface area contributed by atoms with Gasteiger partial charge in [0, 0.05) is 10.8 Å². The van der Waals surface area contributed by atoms with Crippen LogP contribution in [-0.4, -0.2) is 5.11 Å². The number of aryl methyl sites for hydroxylation is 1. The van der Waals surface area contributed by atoms with E-state index in [-0.39, 0.29) is 5.41 Å². The number of aromatic hydroxyl groups is 1. The Morgan fingerprint density at radius 3 is 2.03 bits per heavy atom. The molecule has 0 heterocycles. The van der Waals surface area contributed by atoms with Crippen LogP contribution in [0.4, 0.5) is 0 Å². The van der Waals surface area contributed by atoms with Gasteiger partial charge in [0.05, 0.1) is 0 Å². The van der Waals surface area contributed by atoms with Crippen LogP contribution in [0.1, 0.15) is 78.4 Å². The van der Waals surface area contributed by atoms with E-state index >= 15 is 0 Å². The maximum atomic E-state index is 10.9. The third-order valence-corrected chi connectivity index (χ3v) is 6.83. The van der Waals surface area contributed by atoms with E-state index in [1.54, 1.807) is 0 Å². The lowest BCUT2D eigenvalue weighted by molar-refractivity contribution is 0.329. The van der Waals surface area contributed by atoms with Gasteiger partial charge < -0.3 is 5.11 Å². The number of rotatable bonds is 7. The van der Waals surface area contributed by atoms with Crippen molar-refractivity contribution >= 4 is 32.3 Å². The number of phenolic OH excluding ortho intramolecular Hbond substituents is 1. The zero-order valence-electron chi connectivity index (χ0n) is 20.2. The van der Waals surface area contributed by atoms with Gasteiger partial charge in [-0.2, -0.15) is 0 Å². The maximum absolute atomic E-state index is 10.9. The molecule has 31 heavy (non-hydrogen) atoms. The molecule has 0 fully saturated rings. The van der Waals surface area contributed by atoms with Crippen molar-refractivity contribution in [3.8, 4) is 5.75 Å². The third kappa shape index (κ3) is 4.52. The summed E-state index contributed by atoms with van der Waals surface area (Å²) in [4.78, 5) is 0. The van der Waals surface area contributed by atoms with Crippen molar-refractivity contribution in [3.05, 3.63) is 53.6 Å². The molecule has 0 bridgehead atoms. The Morgan fingerprint density at radius 2 is 1.42 bits per heavy atom. The number of hydrogen-bond donors (Lipinski definition) is 1. The van der Waals surface area contributed by atoms with E-state index in [0.29, 0.717) is 11.2 Å². The molecule has 0 saturated carbocycles. The van der Waals surface area contributed by atoms with Crippen LogP contribution in [0.5, 0.6) is 5.75 Å². The second-order valence-electron chi connectivity index (χ2n) is 11.6. The van der Waals surface area contributed by atoms with Crippen molar-refractivity contribution < 1.29 is 5.11 Å². The van der Waals surface area contributed by atoms with Crippen LogP contribution in [-0.2, 0) is 12.8 Å². The molecule has 164 valence electrons. The molecule has 0 atom stereocenters. The van der Waals surface area contributed by atoms with Gasteiger partial charge in [-0.3, -0.25) is 0 Å². The minimum absolute atomic E-state index is 0.226. The van der Waals surface area contributed by atoms with Crippen molar-refractivity contribution in [3.63, 3.8) is 0 Å². The fourth-order valence-electron chi connectivity index (χ4n) is 5.43. The van der Waals surface area contributed by atoms with Crippen molar-refractivity contribution in [1.29, 1.82) is 0 Å². The molecule has 4 aromatic rings. The largest absolute Gasteiger partial charge is 0.507 e.